The predicted molar refractivity (Wildman–Crippen MR) is 119 cm³/mol. The fourth-order valence-corrected chi connectivity index (χ4v) is 3.85. The first kappa shape index (κ1) is 21.4. The van der Waals surface area contributed by atoms with Crippen LogP contribution in [0.25, 0.3) is 11.0 Å². The molecule has 0 saturated heterocycles. The second kappa shape index (κ2) is 8.57. The summed E-state index contributed by atoms with van der Waals surface area (Å²) >= 11 is 0. The number of rotatable bonds is 6. The molecule has 0 aliphatic rings. The van der Waals surface area contributed by atoms with Crippen molar-refractivity contribution in [1.29, 1.82) is 0 Å². The van der Waals surface area contributed by atoms with E-state index in [1.807, 2.05) is 64.1 Å². The van der Waals surface area contributed by atoms with E-state index < -0.39 is 0 Å². The number of aromatic nitrogens is 2. The van der Waals surface area contributed by atoms with Gasteiger partial charge >= 0.3 is 5.69 Å². The molecule has 158 valence electrons. The Hall–Kier alpha value is -3.35. The van der Waals surface area contributed by atoms with Crippen LogP contribution in [0.2, 0.25) is 0 Å². The smallest absolute Gasteiger partial charge is 0.329 e. The summed E-state index contributed by atoms with van der Waals surface area (Å²) in [5.74, 6) is -0.576. The second-order valence-corrected chi connectivity index (χ2v) is 7.67. The molecule has 3 aromatic rings. The molecule has 0 bridgehead atoms. The monoisotopic (exact) mass is 408 g/mol. The maximum Gasteiger partial charge on any atom is 0.329 e. The molecule has 2 aromatic carbocycles. The van der Waals surface area contributed by atoms with E-state index in [9.17, 15) is 14.4 Å². The molecule has 3 rings (SSSR count). The number of carbonyl (C=O) groups excluding carboxylic acids is 2. The van der Waals surface area contributed by atoms with Crippen LogP contribution in [0.15, 0.2) is 41.2 Å². The molecule has 0 fully saturated rings. The maximum atomic E-state index is 12.7. The van der Waals surface area contributed by atoms with Gasteiger partial charge in [0.15, 0.2) is 0 Å². The summed E-state index contributed by atoms with van der Waals surface area (Å²) in [5, 5.41) is 2.90. The van der Waals surface area contributed by atoms with Crippen molar-refractivity contribution in [1.82, 2.24) is 14.0 Å². The lowest BCUT2D eigenvalue weighted by atomic mass is 10.1. The van der Waals surface area contributed by atoms with Crippen molar-refractivity contribution in [2.24, 2.45) is 0 Å². The number of imidazole rings is 1. The molecular formula is C23H28N4O3. The molecule has 0 spiro atoms. The number of nitrogens with zero attached hydrogens (tertiary/aromatic N) is 3. The van der Waals surface area contributed by atoms with Crippen LogP contribution in [0.5, 0.6) is 0 Å². The molecule has 1 heterocycles. The van der Waals surface area contributed by atoms with Gasteiger partial charge in [0.1, 0.15) is 6.54 Å². The van der Waals surface area contributed by atoms with E-state index in [2.05, 4.69) is 5.32 Å². The van der Waals surface area contributed by atoms with Crippen molar-refractivity contribution < 1.29 is 9.59 Å². The number of benzene rings is 2. The Morgan fingerprint density at radius 3 is 2.13 bits per heavy atom. The summed E-state index contributed by atoms with van der Waals surface area (Å²) in [5.41, 5.74) is 5.14. The number of aryl methyl sites for hydroxylation is 4. The lowest BCUT2D eigenvalue weighted by Crippen LogP contribution is -2.39. The van der Waals surface area contributed by atoms with Gasteiger partial charge < -0.3 is 10.2 Å². The summed E-state index contributed by atoms with van der Waals surface area (Å²) < 4.78 is 3.10. The average molecular weight is 409 g/mol. The summed E-state index contributed by atoms with van der Waals surface area (Å²) in [6, 6.07) is 11.4. The third-order valence-electron chi connectivity index (χ3n) is 5.28. The van der Waals surface area contributed by atoms with Gasteiger partial charge in [0.05, 0.1) is 17.6 Å². The van der Waals surface area contributed by atoms with Gasteiger partial charge in [-0.15, -0.1) is 0 Å². The van der Waals surface area contributed by atoms with Crippen molar-refractivity contribution >= 4 is 28.5 Å². The molecule has 1 aromatic heterocycles. The van der Waals surface area contributed by atoms with E-state index in [-0.39, 0.29) is 30.6 Å². The minimum Gasteiger partial charge on any atom is -0.335 e. The van der Waals surface area contributed by atoms with Crippen molar-refractivity contribution in [3.8, 4) is 0 Å². The van der Waals surface area contributed by atoms with Gasteiger partial charge in [-0.05, 0) is 51.0 Å². The highest BCUT2D eigenvalue weighted by Gasteiger charge is 2.19. The van der Waals surface area contributed by atoms with E-state index in [4.69, 9.17) is 0 Å². The number of hydrogen-bond acceptors (Lipinski definition) is 3. The van der Waals surface area contributed by atoms with Crippen LogP contribution < -0.4 is 11.0 Å². The molecule has 7 heteroatoms. The number of amides is 2. The fraction of sp³-hybridized carbons (Fsp3) is 0.348. The van der Waals surface area contributed by atoms with Crippen LogP contribution in [-0.2, 0) is 22.7 Å². The molecule has 2 amide bonds. The zero-order valence-corrected chi connectivity index (χ0v) is 18.2. The van der Waals surface area contributed by atoms with E-state index in [0.717, 1.165) is 27.9 Å². The van der Waals surface area contributed by atoms with Crippen LogP contribution >= 0.6 is 0 Å². The van der Waals surface area contributed by atoms with Crippen LogP contribution in [0.1, 0.15) is 23.6 Å². The molecule has 1 N–H and O–H groups in total. The zero-order chi connectivity index (χ0) is 22.0. The zero-order valence-electron chi connectivity index (χ0n) is 18.2. The molecular weight excluding hydrogens is 380 g/mol. The number of para-hydroxylation sites is 2. The molecule has 0 aliphatic carbocycles. The minimum absolute atomic E-state index is 0.0905. The fourth-order valence-electron chi connectivity index (χ4n) is 3.85. The predicted octanol–water partition coefficient (Wildman–Crippen LogP) is 2.85. The van der Waals surface area contributed by atoms with Crippen LogP contribution in [0.3, 0.4) is 0 Å². The Morgan fingerprint density at radius 1 is 1.00 bits per heavy atom. The molecule has 0 saturated carbocycles. The van der Waals surface area contributed by atoms with E-state index in [1.54, 1.807) is 11.6 Å². The highest BCUT2D eigenvalue weighted by atomic mass is 16.2. The van der Waals surface area contributed by atoms with Crippen molar-refractivity contribution in [2.75, 3.05) is 18.9 Å². The SMILES string of the molecule is CCn1c(=O)n(CC(=O)N(C)CC(=O)Nc2c(C)cc(C)cc2C)c2ccccc21. The summed E-state index contributed by atoms with van der Waals surface area (Å²) in [6.45, 7) is 8.11. The van der Waals surface area contributed by atoms with Gasteiger partial charge in [-0.1, -0.05) is 29.8 Å². The van der Waals surface area contributed by atoms with Crippen LogP contribution in [0.4, 0.5) is 5.69 Å². The number of hydrogen-bond donors (Lipinski definition) is 1. The summed E-state index contributed by atoms with van der Waals surface area (Å²) in [6.07, 6.45) is 0. The van der Waals surface area contributed by atoms with Crippen molar-refractivity contribution in [3.63, 3.8) is 0 Å². The largest absolute Gasteiger partial charge is 0.335 e. The number of likely N-dealkylation sites (N-methyl/N-ethyl adjacent to an activating group) is 1. The Balaban J connectivity index is 1.73. The maximum absolute atomic E-state index is 12.7. The van der Waals surface area contributed by atoms with Gasteiger partial charge in [-0.25, -0.2) is 4.79 Å². The molecule has 30 heavy (non-hydrogen) atoms. The first-order valence-corrected chi connectivity index (χ1v) is 10.0. The Kier molecular flexibility index (Phi) is 6.10. The number of fused-ring (bicyclic) bond motifs is 1. The molecule has 0 aliphatic heterocycles. The van der Waals surface area contributed by atoms with Gasteiger partial charge in [0.2, 0.25) is 11.8 Å². The molecule has 7 nitrogen and oxygen atoms in total. The van der Waals surface area contributed by atoms with E-state index in [0.29, 0.717) is 12.1 Å². The lowest BCUT2D eigenvalue weighted by molar-refractivity contribution is -0.133. The quantitative estimate of drug-likeness (QED) is 0.681. The van der Waals surface area contributed by atoms with Gasteiger partial charge in [0.25, 0.3) is 0 Å². The van der Waals surface area contributed by atoms with Crippen LogP contribution in [-0.4, -0.2) is 39.4 Å². The third kappa shape index (κ3) is 4.15. The Bertz CT molecular complexity index is 1150. The average Bonchev–Trinajstić information content (AvgIpc) is 2.95. The molecule has 0 unspecified atom stereocenters. The van der Waals surface area contributed by atoms with E-state index in [1.165, 1.54) is 9.47 Å². The highest BCUT2D eigenvalue weighted by molar-refractivity contribution is 5.95. The number of anilines is 1. The Morgan fingerprint density at radius 2 is 1.57 bits per heavy atom. The third-order valence-corrected chi connectivity index (χ3v) is 5.28. The number of nitrogens with one attached hydrogen (secondary N) is 1. The topological polar surface area (TPSA) is 76.3 Å². The van der Waals surface area contributed by atoms with Gasteiger partial charge in [-0.3, -0.25) is 18.7 Å². The molecule has 0 radical (unpaired) electrons. The standard InChI is InChI=1S/C23H28N4O3/c1-6-26-18-9-7-8-10-19(18)27(23(26)30)14-21(29)25(5)13-20(28)24-22-16(3)11-15(2)12-17(22)4/h7-12H,6,13-14H2,1-5H3,(H,24,28). The molecule has 0 atom stereocenters. The highest BCUT2D eigenvalue weighted by Crippen LogP contribution is 2.21. The number of carbonyl (C=O) groups is 2. The minimum atomic E-state index is -0.302. The summed E-state index contributed by atoms with van der Waals surface area (Å²) in [4.78, 5) is 39.3. The Labute approximate surface area is 175 Å². The first-order chi connectivity index (χ1) is 14.2. The van der Waals surface area contributed by atoms with Crippen molar-refractivity contribution in [2.45, 2.75) is 40.8 Å². The lowest BCUT2D eigenvalue weighted by Gasteiger charge is -2.18. The van der Waals surface area contributed by atoms with E-state index >= 15 is 0 Å². The van der Waals surface area contributed by atoms with Crippen LogP contribution in [0, 0.1) is 20.8 Å². The second-order valence-electron chi connectivity index (χ2n) is 7.67. The normalized spacial score (nSPS) is 11.0. The van der Waals surface area contributed by atoms with Gasteiger partial charge in [-0.2, -0.15) is 0 Å². The van der Waals surface area contributed by atoms with Crippen molar-refractivity contribution in [3.05, 3.63) is 63.6 Å². The van der Waals surface area contributed by atoms with Gasteiger partial charge in [0, 0.05) is 19.3 Å². The first-order valence-electron chi connectivity index (χ1n) is 10.0. The summed E-state index contributed by atoms with van der Waals surface area (Å²) in [7, 11) is 1.57.